The van der Waals surface area contributed by atoms with Crippen LogP contribution >= 0.6 is 0 Å². The van der Waals surface area contributed by atoms with Crippen molar-refractivity contribution in [3.63, 3.8) is 0 Å². The molecule has 116 valence electrons. The molecule has 0 unspecified atom stereocenters. The summed E-state index contributed by atoms with van der Waals surface area (Å²) in [6.07, 6.45) is 3.62. The minimum absolute atomic E-state index is 0.0817. The lowest BCUT2D eigenvalue weighted by atomic mass is 9.76. The van der Waals surface area contributed by atoms with Gasteiger partial charge < -0.3 is 4.74 Å². The van der Waals surface area contributed by atoms with Crippen LogP contribution in [0.1, 0.15) is 49.9 Å². The van der Waals surface area contributed by atoms with Crippen molar-refractivity contribution in [1.82, 2.24) is 0 Å². The van der Waals surface area contributed by atoms with E-state index in [1.807, 2.05) is 0 Å². The third-order valence-electron chi connectivity index (χ3n) is 3.96. The molecule has 2 rings (SSSR count). The number of carbonyl (C=O) groups is 1. The number of hydrogen-bond donors (Lipinski definition) is 1. The van der Waals surface area contributed by atoms with Crippen molar-refractivity contribution in [2.24, 2.45) is 10.6 Å². The van der Waals surface area contributed by atoms with Gasteiger partial charge in [-0.15, -0.1) is 0 Å². The number of rotatable bonds is 3. The third-order valence-corrected chi connectivity index (χ3v) is 4.87. The van der Waals surface area contributed by atoms with Crippen LogP contribution in [0.3, 0.4) is 0 Å². The molecule has 21 heavy (non-hydrogen) atoms. The summed E-state index contributed by atoms with van der Waals surface area (Å²) in [5.41, 5.74) is 0.516. The second-order valence-corrected chi connectivity index (χ2v) is 7.90. The zero-order chi connectivity index (χ0) is 15.7. The van der Waals surface area contributed by atoms with Crippen LogP contribution in [0.5, 0.6) is 0 Å². The lowest BCUT2D eigenvalue weighted by Crippen LogP contribution is -2.28. The Kier molecular flexibility index (Phi) is 4.39. The number of benzene rings is 1. The van der Waals surface area contributed by atoms with Crippen LogP contribution in [0.25, 0.3) is 0 Å². The van der Waals surface area contributed by atoms with Gasteiger partial charge in [-0.2, -0.15) is 0 Å². The highest BCUT2D eigenvalue weighted by Crippen LogP contribution is 2.36. The zero-order valence-corrected chi connectivity index (χ0v) is 13.2. The number of nitrogens with two attached hydrogens (primary N) is 1. The molecule has 0 aromatic heterocycles. The van der Waals surface area contributed by atoms with E-state index in [0.717, 1.165) is 25.7 Å². The number of carbonyl (C=O) groups excluding carboxylic acids is 1. The summed E-state index contributed by atoms with van der Waals surface area (Å²) >= 11 is 0. The highest BCUT2D eigenvalue weighted by molar-refractivity contribution is 7.89. The average Bonchev–Trinajstić information content (AvgIpc) is 2.40. The van der Waals surface area contributed by atoms with Gasteiger partial charge in [0, 0.05) is 0 Å². The van der Waals surface area contributed by atoms with Gasteiger partial charge in [-0.25, -0.2) is 18.4 Å². The summed E-state index contributed by atoms with van der Waals surface area (Å²) in [5.74, 6) is -0.495. The number of primary sulfonamides is 1. The van der Waals surface area contributed by atoms with Crippen molar-refractivity contribution in [2.75, 3.05) is 0 Å². The predicted molar refractivity (Wildman–Crippen MR) is 79.3 cm³/mol. The Bertz CT molecular complexity index is 627. The Morgan fingerprint density at radius 2 is 1.90 bits per heavy atom. The van der Waals surface area contributed by atoms with Gasteiger partial charge in [0.2, 0.25) is 10.0 Å². The second kappa shape index (κ2) is 5.77. The smallest absolute Gasteiger partial charge is 0.338 e. The summed E-state index contributed by atoms with van der Waals surface area (Å²) in [6.45, 7) is 4.42. The summed E-state index contributed by atoms with van der Waals surface area (Å²) in [7, 11) is -3.82. The molecule has 0 amide bonds. The van der Waals surface area contributed by atoms with Gasteiger partial charge >= 0.3 is 5.97 Å². The summed E-state index contributed by atoms with van der Waals surface area (Å²) < 4.78 is 28.1. The van der Waals surface area contributed by atoms with Gasteiger partial charge in [0.05, 0.1) is 10.5 Å². The average molecular weight is 311 g/mol. The van der Waals surface area contributed by atoms with Gasteiger partial charge in [0.25, 0.3) is 0 Å². The highest BCUT2D eigenvalue weighted by atomic mass is 32.2. The zero-order valence-electron chi connectivity index (χ0n) is 12.3. The lowest BCUT2D eigenvalue weighted by molar-refractivity contribution is 0.00949. The molecule has 1 aromatic rings. The molecule has 2 N–H and O–H groups in total. The molecule has 0 bridgehead atoms. The van der Waals surface area contributed by atoms with Gasteiger partial charge in [-0.1, -0.05) is 19.9 Å². The van der Waals surface area contributed by atoms with Crippen LogP contribution in [0, 0.1) is 5.41 Å². The Balaban J connectivity index is 2.05. The first-order valence-electron chi connectivity index (χ1n) is 7.01. The van der Waals surface area contributed by atoms with E-state index in [-0.39, 0.29) is 16.6 Å². The topological polar surface area (TPSA) is 86.5 Å². The van der Waals surface area contributed by atoms with E-state index >= 15 is 0 Å². The van der Waals surface area contributed by atoms with Crippen LogP contribution < -0.4 is 5.14 Å². The molecule has 5 nitrogen and oxygen atoms in total. The molecule has 0 saturated heterocycles. The van der Waals surface area contributed by atoms with E-state index in [1.54, 1.807) is 0 Å². The fourth-order valence-electron chi connectivity index (χ4n) is 2.51. The maximum atomic E-state index is 12.1. The molecule has 1 aliphatic rings. The largest absolute Gasteiger partial charge is 0.459 e. The molecular weight excluding hydrogens is 290 g/mol. The summed E-state index contributed by atoms with van der Waals surface area (Å²) in [5, 5.41) is 5.06. The molecular formula is C15H21NO4S. The standard InChI is InChI=1S/C15H21NO4S/c1-15(2)8-6-12(7-9-15)20-14(17)11-4-3-5-13(10-11)21(16,18)19/h3-5,10,12H,6-9H2,1-2H3,(H2,16,18,19). The molecule has 0 spiro atoms. The minimum Gasteiger partial charge on any atom is -0.459 e. The van der Waals surface area contributed by atoms with Crippen LogP contribution in [0.4, 0.5) is 0 Å². The molecule has 1 saturated carbocycles. The molecule has 1 aromatic carbocycles. The Hall–Kier alpha value is -1.40. The first kappa shape index (κ1) is 16.0. The first-order valence-corrected chi connectivity index (χ1v) is 8.56. The Morgan fingerprint density at radius 1 is 1.29 bits per heavy atom. The van der Waals surface area contributed by atoms with E-state index in [2.05, 4.69) is 13.8 Å². The number of hydrogen-bond acceptors (Lipinski definition) is 4. The Morgan fingerprint density at radius 3 is 2.48 bits per heavy atom. The third kappa shape index (κ3) is 4.28. The van der Waals surface area contributed by atoms with E-state index in [0.29, 0.717) is 5.41 Å². The van der Waals surface area contributed by atoms with E-state index < -0.39 is 16.0 Å². The summed E-state index contributed by atoms with van der Waals surface area (Å²) in [4.78, 5) is 12.0. The first-order chi connectivity index (χ1) is 9.67. The monoisotopic (exact) mass is 311 g/mol. The molecule has 0 heterocycles. The molecule has 1 aliphatic carbocycles. The summed E-state index contributed by atoms with van der Waals surface area (Å²) in [6, 6.07) is 5.63. The maximum Gasteiger partial charge on any atom is 0.338 e. The molecule has 0 radical (unpaired) electrons. The fraction of sp³-hybridized carbons (Fsp3) is 0.533. The van der Waals surface area contributed by atoms with Crippen molar-refractivity contribution in [3.05, 3.63) is 29.8 Å². The minimum atomic E-state index is -3.82. The molecule has 0 atom stereocenters. The van der Waals surface area contributed by atoms with Crippen LogP contribution in [-0.4, -0.2) is 20.5 Å². The van der Waals surface area contributed by atoms with Gasteiger partial charge in [0.15, 0.2) is 0 Å². The molecule has 6 heteroatoms. The van der Waals surface area contributed by atoms with Gasteiger partial charge in [-0.3, -0.25) is 0 Å². The van der Waals surface area contributed by atoms with Crippen molar-refractivity contribution >= 4 is 16.0 Å². The second-order valence-electron chi connectivity index (χ2n) is 6.34. The SMILES string of the molecule is CC1(C)CCC(OC(=O)c2cccc(S(N)(=O)=O)c2)CC1. The quantitative estimate of drug-likeness (QED) is 0.869. The highest BCUT2D eigenvalue weighted by Gasteiger charge is 2.29. The Labute approximate surface area is 125 Å². The van der Waals surface area contributed by atoms with E-state index in [1.165, 1.54) is 24.3 Å². The normalized spacial score (nSPS) is 19.2. The van der Waals surface area contributed by atoms with Crippen molar-refractivity contribution in [2.45, 2.75) is 50.5 Å². The number of ether oxygens (including phenoxy) is 1. The fourth-order valence-corrected chi connectivity index (χ4v) is 3.07. The van der Waals surface area contributed by atoms with Crippen molar-refractivity contribution in [3.8, 4) is 0 Å². The predicted octanol–water partition coefficient (Wildman–Crippen LogP) is 2.46. The van der Waals surface area contributed by atoms with E-state index in [9.17, 15) is 13.2 Å². The van der Waals surface area contributed by atoms with Gasteiger partial charge in [-0.05, 0) is 49.3 Å². The maximum absolute atomic E-state index is 12.1. The van der Waals surface area contributed by atoms with Crippen LogP contribution in [0.15, 0.2) is 29.2 Å². The van der Waals surface area contributed by atoms with Gasteiger partial charge in [0.1, 0.15) is 6.10 Å². The number of esters is 1. The van der Waals surface area contributed by atoms with Crippen LogP contribution in [-0.2, 0) is 14.8 Å². The number of sulfonamides is 1. The molecule has 1 fully saturated rings. The van der Waals surface area contributed by atoms with Crippen molar-refractivity contribution in [1.29, 1.82) is 0 Å². The van der Waals surface area contributed by atoms with Crippen molar-refractivity contribution < 1.29 is 17.9 Å². The lowest BCUT2D eigenvalue weighted by Gasteiger charge is -2.33. The van der Waals surface area contributed by atoms with E-state index in [4.69, 9.17) is 9.88 Å². The van der Waals surface area contributed by atoms with Crippen LogP contribution in [0.2, 0.25) is 0 Å². The molecule has 0 aliphatic heterocycles.